The van der Waals surface area contributed by atoms with Crippen LogP contribution in [0, 0.1) is 0 Å². The maximum atomic E-state index is 10.7. The molecule has 92 valence electrons. The van der Waals surface area contributed by atoms with E-state index in [0.29, 0.717) is 22.7 Å². The van der Waals surface area contributed by atoms with Crippen LogP contribution in [-0.4, -0.2) is 28.3 Å². The number of benzene rings is 1. The lowest BCUT2D eigenvalue weighted by Crippen LogP contribution is -2.08. The van der Waals surface area contributed by atoms with Gasteiger partial charge in [-0.3, -0.25) is 15.3 Å². The average molecular weight is 245 g/mol. The maximum absolute atomic E-state index is 10.7. The van der Waals surface area contributed by atoms with Gasteiger partial charge in [-0.1, -0.05) is 6.07 Å². The van der Waals surface area contributed by atoms with Crippen molar-refractivity contribution in [2.45, 2.75) is 0 Å². The third kappa shape index (κ3) is 2.37. The lowest BCUT2D eigenvalue weighted by atomic mass is 10.1. The first-order valence-electron chi connectivity index (χ1n) is 5.15. The first kappa shape index (κ1) is 11.8. The van der Waals surface area contributed by atoms with E-state index in [4.69, 9.17) is 9.84 Å². The van der Waals surface area contributed by atoms with Gasteiger partial charge in [0.2, 0.25) is 0 Å². The SMILES string of the molecule is COc1c(NC(=O)O)cccc1-c1cnccn1. The van der Waals surface area contributed by atoms with E-state index in [9.17, 15) is 4.79 Å². The Labute approximate surface area is 103 Å². The van der Waals surface area contributed by atoms with Crippen molar-refractivity contribution in [1.29, 1.82) is 0 Å². The Kier molecular flexibility index (Phi) is 3.38. The fourth-order valence-corrected chi connectivity index (χ4v) is 1.61. The molecule has 0 atom stereocenters. The number of hydrogen-bond donors (Lipinski definition) is 2. The van der Waals surface area contributed by atoms with Crippen molar-refractivity contribution in [2.24, 2.45) is 0 Å². The molecular weight excluding hydrogens is 234 g/mol. The van der Waals surface area contributed by atoms with Crippen molar-refractivity contribution in [3.8, 4) is 17.0 Å². The van der Waals surface area contributed by atoms with Crippen LogP contribution in [0.25, 0.3) is 11.3 Å². The van der Waals surface area contributed by atoms with Crippen LogP contribution >= 0.6 is 0 Å². The molecule has 2 aromatic rings. The molecule has 0 spiro atoms. The second kappa shape index (κ2) is 5.13. The van der Waals surface area contributed by atoms with Gasteiger partial charge in [-0.2, -0.15) is 0 Å². The molecule has 0 saturated heterocycles. The number of carbonyl (C=O) groups is 1. The van der Waals surface area contributed by atoms with E-state index >= 15 is 0 Å². The molecule has 1 aromatic carbocycles. The number of aromatic nitrogens is 2. The molecule has 1 amide bonds. The van der Waals surface area contributed by atoms with Gasteiger partial charge in [-0.05, 0) is 12.1 Å². The number of carboxylic acid groups (broad SMARTS) is 1. The van der Waals surface area contributed by atoms with Gasteiger partial charge in [-0.15, -0.1) is 0 Å². The standard InChI is InChI=1S/C12H11N3O3/c1-18-11-8(10-7-13-5-6-14-10)3-2-4-9(11)15-12(16)17/h2-7,15H,1H3,(H,16,17). The van der Waals surface area contributed by atoms with Crippen LogP contribution in [-0.2, 0) is 0 Å². The van der Waals surface area contributed by atoms with Crippen LogP contribution in [0.2, 0.25) is 0 Å². The highest BCUT2D eigenvalue weighted by atomic mass is 16.5. The summed E-state index contributed by atoms with van der Waals surface area (Å²) in [6.07, 6.45) is 3.56. The minimum Gasteiger partial charge on any atom is -0.494 e. The summed E-state index contributed by atoms with van der Waals surface area (Å²) in [4.78, 5) is 18.8. The Balaban J connectivity index is 2.51. The topological polar surface area (TPSA) is 84.3 Å². The first-order chi connectivity index (χ1) is 8.72. The lowest BCUT2D eigenvalue weighted by molar-refractivity contribution is 0.209. The molecule has 0 saturated carbocycles. The van der Waals surface area contributed by atoms with Gasteiger partial charge in [0.05, 0.1) is 24.7 Å². The minimum absolute atomic E-state index is 0.369. The normalized spacial score (nSPS) is 9.83. The molecule has 0 radical (unpaired) electrons. The molecule has 2 N–H and O–H groups in total. The van der Waals surface area contributed by atoms with Crippen molar-refractivity contribution >= 4 is 11.8 Å². The molecule has 0 aliphatic heterocycles. The predicted molar refractivity (Wildman–Crippen MR) is 65.7 cm³/mol. The number of ether oxygens (including phenoxy) is 1. The molecule has 1 aromatic heterocycles. The lowest BCUT2D eigenvalue weighted by Gasteiger charge is -2.12. The summed E-state index contributed by atoms with van der Waals surface area (Å²) < 4.78 is 5.24. The van der Waals surface area contributed by atoms with Crippen molar-refractivity contribution in [2.75, 3.05) is 12.4 Å². The fourth-order valence-electron chi connectivity index (χ4n) is 1.61. The fraction of sp³-hybridized carbons (Fsp3) is 0.0833. The molecule has 0 aliphatic carbocycles. The highest BCUT2D eigenvalue weighted by molar-refractivity contribution is 5.88. The zero-order chi connectivity index (χ0) is 13.0. The Hall–Kier alpha value is -2.63. The van der Waals surface area contributed by atoms with Crippen molar-refractivity contribution < 1.29 is 14.6 Å². The molecule has 0 bridgehead atoms. The average Bonchev–Trinajstić information content (AvgIpc) is 2.39. The molecule has 2 rings (SSSR count). The molecule has 0 fully saturated rings. The summed E-state index contributed by atoms with van der Waals surface area (Å²) in [6, 6.07) is 5.13. The summed E-state index contributed by atoms with van der Waals surface area (Å²) in [7, 11) is 1.47. The highest BCUT2D eigenvalue weighted by Crippen LogP contribution is 2.34. The van der Waals surface area contributed by atoms with Crippen molar-refractivity contribution in [3.05, 3.63) is 36.8 Å². The van der Waals surface area contributed by atoms with Gasteiger partial charge in [-0.25, -0.2) is 4.79 Å². The van der Waals surface area contributed by atoms with Crippen LogP contribution in [0.1, 0.15) is 0 Å². The Morgan fingerprint density at radius 3 is 2.83 bits per heavy atom. The Bertz CT molecular complexity index is 558. The Morgan fingerprint density at radius 2 is 2.22 bits per heavy atom. The number of hydrogen-bond acceptors (Lipinski definition) is 4. The zero-order valence-electron chi connectivity index (χ0n) is 9.62. The number of methoxy groups -OCH3 is 1. The second-order valence-corrected chi connectivity index (χ2v) is 3.41. The number of amides is 1. The van der Waals surface area contributed by atoms with Gasteiger partial charge in [0.25, 0.3) is 0 Å². The summed E-state index contributed by atoms with van der Waals surface area (Å²) in [5, 5.41) is 11.0. The van der Waals surface area contributed by atoms with Crippen LogP contribution in [0.4, 0.5) is 10.5 Å². The van der Waals surface area contributed by atoms with E-state index in [1.165, 1.54) is 7.11 Å². The molecule has 6 heteroatoms. The number of anilines is 1. The molecule has 1 heterocycles. The highest BCUT2D eigenvalue weighted by Gasteiger charge is 2.13. The van der Waals surface area contributed by atoms with Gasteiger partial charge in [0, 0.05) is 18.0 Å². The summed E-state index contributed by atoms with van der Waals surface area (Å²) in [5.74, 6) is 0.417. The van der Waals surface area contributed by atoms with Gasteiger partial charge >= 0.3 is 6.09 Å². The van der Waals surface area contributed by atoms with E-state index in [1.54, 1.807) is 36.8 Å². The minimum atomic E-state index is -1.15. The molecule has 0 aliphatic rings. The second-order valence-electron chi connectivity index (χ2n) is 3.41. The monoisotopic (exact) mass is 245 g/mol. The molecular formula is C12H11N3O3. The van der Waals surface area contributed by atoms with E-state index in [2.05, 4.69) is 15.3 Å². The Morgan fingerprint density at radius 1 is 1.39 bits per heavy atom. The number of nitrogens with one attached hydrogen (secondary N) is 1. The van der Waals surface area contributed by atoms with E-state index in [1.807, 2.05) is 0 Å². The van der Waals surface area contributed by atoms with E-state index in [-0.39, 0.29) is 0 Å². The third-order valence-electron chi connectivity index (χ3n) is 2.30. The molecule has 18 heavy (non-hydrogen) atoms. The van der Waals surface area contributed by atoms with E-state index < -0.39 is 6.09 Å². The van der Waals surface area contributed by atoms with Gasteiger partial charge in [0.1, 0.15) is 0 Å². The molecule has 6 nitrogen and oxygen atoms in total. The summed E-state index contributed by atoms with van der Waals surface area (Å²) >= 11 is 0. The smallest absolute Gasteiger partial charge is 0.409 e. The number of nitrogens with zero attached hydrogens (tertiary/aromatic N) is 2. The van der Waals surface area contributed by atoms with Crippen molar-refractivity contribution in [1.82, 2.24) is 9.97 Å². The van der Waals surface area contributed by atoms with Crippen LogP contribution < -0.4 is 10.1 Å². The summed E-state index contributed by atoms with van der Waals surface area (Å²) in [5.41, 5.74) is 1.66. The van der Waals surface area contributed by atoms with E-state index in [0.717, 1.165) is 0 Å². The zero-order valence-corrected chi connectivity index (χ0v) is 9.62. The van der Waals surface area contributed by atoms with Crippen LogP contribution in [0.5, 0.6) is 5.75 Å². The van der Waals surface area contributed by atoms with Gasteiger partial charge < -0.3 is 9.84 Å². The number of para-hydroxylation sites is 1. The maximum Gasteiger partial charge on any atom is 0.409 e. The largest absolute Gasteiger partial charge is 0.494 e. The quantitative estimate of drug-likeness (QED) is 0.866. The van der Waals surface area contributed by atoms with Crippen LogP contribution in [0.3, 0.4) is 0 Å². The predicted octanol–water partition coefficient (Wildman–Crippen LogP) is 2.24. The first-order valence-corrected chi connectivity index (χ1v) is 5.15. The third-order valence-corrected chi connectivity index (χ3v) is 2.30. The number of rotatable bonds is 3. The van der Waals surface area contributed by atoms with Crippen molar-refractivity contribution in [3.63, 3.8) is 0 Å². The van der Waals surface area contributed by atoms with Gasteiger partial charge in [0.15, 0.2) is 5.75 Å². The molecule has 0 unspecified atom stereocenters. The van der Waals surface area contributed by atoms with Crippen LogP contribution in [0.15, 0.2) is 36.8 Å². The summed E-state index contributed by atoms with van der Waals surface area (Å²) in [6.45, 7) is 0.